The van der Waals surface area contributed by atoms with E-state index in [1.165, 1.54) is 0 Å². The molecule has 1 aromatic carbocycles. The molecule has 158 valence electrons. The first-order valence-corrected chi connectivity index (χ1v) is 10.7. The Morgan fingerprint density at radius 3 is 2.69 bits per heavy atom. The van der Waals surface area contributed by atoms with Gasteiger partial charge >= 0.3 is 6.03 Å². The molecule has 0 radical (unpaired) electrons. The fraction of sp³-hybridized carbons (Fsp3) is 0.600. The van der Waals surface area contributed by atoms with Crippen molar-refractivity contribution in [3.05, 3.63) is 22.7 Å². The minimum absolute atomic E-state index is 0.0765. The summed E-state index contributed by atoms with van der Waals surface area (Å²) in [5, 5.41) is 0.849. The molecule has 0 bridgehead atoms. The number of benzene rings is 1. The third-order valence-electron chi connectivity index (χ3n) is 5.68. The molecular formula is C20H27N3O5S. The topological polar surface area (TPSA) is 96.1 Å². The maximum absolute atomic E-state index is 12.1. The number of methoxy groups -OCH3 is 2. The number of rotatable bonds is 4. The number of thiazole rings is 1. The molecule has 2 atom stereocenters. The quantitative estimate of drug-likeness (QED) is 0.815. The molecule has 9 heteroatoms. The van der Waals surface area contributed by atoms with E-state index in [0.717, 1.165) is 27.2 Å². The zero-order valence-electron chi connectivity index (χ0n) is 16.8. The van der Waals surface area contributed by atoms with Crippen molar-refractivity contribution < 1.29 is 23.7 Å². The van der Waals surface area contributed by atoms with E-state index in [-0.39, 0.29) is 18.1 Å². The van der Waals surface area contributed by atoms with E-state index in [4.69, 9.17) is 29.7 Å². The second-order valence-electron chi connectivity index (χ2n) is 7.36. The summed E-state index contributed by atoms with van der Waals surface area (Å²) in [6.07, 6.45) is 1.52. The van der Waals surface area contributed by atoms with Crippen LogP contribution in [0.25, 0.3) is 10.2 Å². The fourth-order valence-corrected chi connectivity index (χ4v) is 5.39. The highest BCUT2D eigenvalue weighted by Crippen LogP contribution is 2.41. The van der Waals surface area contributed by atoms with Gasteiger partial charge in [0.05, 0.1) is 50.4 Å². The molecule has 2 aliphatic rings. The Hall–Kier alpha value is -1.94. The number of ether oxygens (including phenoxy) is 4. The second kappa shape index (κ2) is 8.83. The maximum atomic E-state index is 12.1. The van der Waals surface area contributed by atoms with Crippen LogP contribution in [-0.2, 0) is 14.2 Å². The molecule has 0 saturated carbocycles. The summed E-state index contributed by atoms with van der Waals surface area (Å²) in [5.74, 6) is 0.843. The van der Waals surface area contributed by atoms with Crippen molar-refractivity contribution in [1.82, 2.24) is 9.88 Å². The summed E-state index contributed by atoms with van der Waals surface area (Å²) in [5.41, 5.74) is 7.60. The molecule has 2 N–H and O–H groups in total. The highest BCUT2D eigenvalue weighted by Gasteiger charge is 2.34. The largest absolute Gasteiger partial charge is 0.494 e. The standard InChI is InChI=1S/C20H27N3O5S/c1-25-13-5-6-23(20(21)24)15(9-13)19-22-17-16(26-2)4-3-14(18(17)29-19)12-10-27-7-8-28-11-12/h3-4,12-13,15H,5-11H2,1-2H3,(H2,21,24). The molecule has 2 amide bonds. The predicted octanol–water partition coefficient (Wildman–Crippen LogP) is 2.67. The number of nitrogens with two attached hydrogens (primary N) is 1. The van der Waals surface area contributed by atoms with Gasteiger partial charge in [-0.05, 0) is 18.1 Å². The zero-order valence-corrected chi connectivity index (χ0v) is 17.6. The lowest BCUT2D eigenvalue weighted by Crippen LogP contribution is -2.45. The Bertz CT molecular complexity index is 865. The number of hydrogen-bond acceptors (Lipinski definition) is 7. The van der Waals surface area contributed by atoms with Crippen LogP contribution in [0, 0.1) is 0 Å². The molecule has 4 rings (SSSR count). The number of urea groups is 1. The van der Waals surface area contributed by atoms with Crippen molar-refractivity contribution in [3.8, 4) is 5.75 Å². The lowest BCUT2D eigenvalue weighted by molar-refractivity contribution is 0.0258. The number of aromatic nitrogens is 1. The molecule has 2 fully saturated rings. The van der Waals surface area contributed by atoms with Gasteiger partial charge < -0.3 is 29.6 Å². The summed E-state index contributed by atoms with van der Waals surface area (Å²) in [6, 6.07) is 3.37. The van der Waals surface area contributed by atoms with Crippen molar-refractivity contribution in [3.63, 3.8) is 0 Å². The molecule has 0 aliphatic carbocycles. The van der Waals surface area contributed by atoms with Crippen LogP contribution in [0.1, 0.15) is 35.4 Å². The number of carbonyl (C=O) groups excluding carboxylic acids is 1. The summed E-state index contributed by atoms with van der Waals surface area (Å²) in [6.45, 7) is 2.99. The Kier molecular flexibility index (Phi) is 6.19. The number of primary amides is 1. The molecule has 1 aromatic heterocycles. The molecule has 8 nitrogen and oxygen atoms in total. The first-order valence-electron chi connectivity index (χ1n) is 9.84. The van der Waals surface area contributed by atoms with E-state index in [1.807, 2.05) is 6.07 Å². The molecule has 3 heterocycles. The van der Waals surface area contributed by atoms with Gasteiger partial charge in [-0.2, -0.15) is 0 Å². The molecule has 2 aliphatic heterocycles. The van der Waals surface area contributed by atoms with E-state index >= 15 is 0 Å². The van der Waals surface area contributed by atoms with Crippen LogP contribution in [0.5, 0.6) is 5.75 Å². The van der Waals surface area contributed by atoms with Gasteiger partial charge in [-0.25, -0.2) is 9.78 Å². The van der Waals surface area contributed by atoms with Crippen molar-refractivity contribution in [2.75, 3.05) is 47.2 Å². The third kappa shape index (κ3) is 4.05. The number of likely N-dealkylation sites (tertiary alicyclic amines) is 1. The number of hydrogen-bond donors (Lipinski definition) is 1. The van der Waals surface area contributed by atoms with Crippen LogP contribution in [0.4, 0.5) is 4.79 Å². The van der Waals surface area contributed by atoms with Crippen LogP contribution in [0.2, 0.25) is 0 Å². The normalized spacial score (nSPS) is 23.9. The molecular weight excluding hydrogens is 394 g/mol. The van der Waals surface area contributed by atoms with E-state index in [9.17, 15) is 4.79 Å². The average Bonchev–Trinajstić information content (AvgIpc) is 3.01. The first kappa shape index (κ1) is 20.3. The molecule has 2 saturated heterocycles. The van der Waals surface area contributed by atoms with E-state index in [2.05, 4.69) is 6.07 Å². The fourth-order valence-electron chi connectivity index (χ4n) is 4.09. The monoisotopic (exact) mass is 421 g/mol. The third-order valence-corrected chi connectivity index (χ3v) is 6.88. The molecule has 0 spiro atoms. The summed E-state index contributed by atoms with van der Waals surface area (Å²) < 4.78 is 23.6. The van der Waals surface area contributed by atoms with Crippen LogP contribution < -0.4 is 10.5 Å². The zero-order chi connectivity index (χ0) is 20.4. The maximum Gasteiger partial charge on any atom is 0.315 e. The van der Waals surface area contributed by atoms with Crippen LogP contribution in [0.15, 0.2) is 12.1 Å². The Morgan fingerprint density at radius 2 is 2.03 bits per heavy atom. The van der Waals surface area contributed by atoms with Gasteiger partial charge in [0.25, 0.3) is 0 Å². The van der Waals surface area contributed by atoms with Gasteiger partial charge in [-0.3, -0.25) is 0 Å². The van der Waals surface area contributed by atoms with E-state index in [0.29, 0.717) is 45.1 Å². The summed E-state index contributed by atoms with van der Waals surface area (Å²) in [7, 11) is 3.34. The Morgan fingerprint density at radius 1 is 1.28 bits per heavy atom. The van der Waals surface area contributed by atoms with E-state index in [1.54, 1.807) is 30.5 Å². The molecule has 29 heavy (non-hydrogen) atoms. The number of carbonyl (C=O) groups is 1. The Labute approximate surface area is 173 Å². The minimum Gasteiger partial charge on any atom is -0.494 e. The van der Waals surface area contributed by atoms with Gasteiger partial charge in [0.15, 0.2) is 0 Å². The minimum atomic E-state index is -0.429. The lowest BCUT2D eigenvalue weighted by Gasteiger charge is -2.36. The SMILES string of the molecule is COc1ccc(C2COCCOC2)c2sc(C3CC(OC)CCN3C(N)=O)nc12. The Balaban J connectivity index is 1.77. The van der Waals surface area contributed by atoms with Gasteiger partial charge in [-0.1, -0.05) is 6.07 Å². The number of nitrogens with zero attached hydrogens (tertiary/aromatic N) is 2. The smallest absolute Gasteiger partial charge is 0.315 e. The highest BCUT2D eigenvalue weighted by atomic mass is 32.1. The first-order chi connectivity index (χ1) is 14.1. The highest BCUT2D eigenvalue weighted by molar-refractivity contribution is 7.18. The average molecular weight is 422 g/mol. The van der Waals surface area contributed by atoms with Gasteiger partial charge in [0.2, 0.25) is 0 Å². The number of amides is 2. The molecule has 2 unspecified atom stereocenters. The summed E-state index contributed by atoms with van der Waals surface area (Å²) in [4.78, 5) is 18.6. The van der Waals surface area contributed by atoms with Gasteiger partial charge in [0.1, 0.15) is 16.3 Å². The van der Waals surface area contributed by atoms with Crippen LogP contribution in [0.3, 0.4) is 0 Å². The molecule has 2 aromatic rings. The second-order valence-corrected chi connectivity index (χ2v) is 8.39. The van der Waals surface area contributed by atoms with Gasteiger partial charge in [0, 0.05) is 26.0 Å². The van der Waals surface area contributed by atoms with Crippen LogP contribution >= 0.6 is 11.3 Å². The van der Waals surface area contributed by atoms with Gasteiger partial charge in [-0.15, -0.1) is 11.3 Å². The van der Waals surface area contributed by atoms with E-state index < -0.39 is 6.03 Å². The van der Waals surface area contributed by atoms with Crippen molar-refractivity contribution >= 4 is 27.6 Å². The van der Waals surface area contributed by atoms with Crippen molar-refractivity contribution in [2.24, 2.45) is 5.73 Å². The van der Waals surface area contributed by atoms with Crippen molar-refractivity contribution in [2.45, 2.75) is 30.9 Å². The predicted molar refractivity (Wildman–Crippen MR) is 110 cm³/mol. The number of piperidine rings is 1. The van der Waals surface area contributed by atoms with Crippen molar-refractivity contribution in [1.29, 1.82) is 0 Å². The summed E-state index contributed by atoms with van der Waals surface area (Å²) >= 11 is 1.59. The number of fused-ring (bicyclic) bond motifs is 1. The van der Waals surface area contributed by atoms with Crippen LogP contribution in [-0.4, -0.2) is 69.2 Å². The lowest BCUT2D eigenvalue weighted by atomic mass is 9.99.